The van der Waals surface area contributed by atoms with E-state index in [0.29, 0.717) is 12.6 Å². The van der Waals surface area contributed by atoms with Gasteiger partial charge >= 0.3 is 0 Å². The molecule has 1 aliphatic rings. The summed E-state index contributed by atoms with van der Waals surface area (Å²) in [7, 11) is 0. The lowest BCUT2D eigenvalue weighted by molar-refractivity contribution is 0.546. The summed E-state index contributed by atoms with van der Waals surface area (Å²) in [6.45, 7) is 7.03. The average Bonchev–Trinajstić information content (AvgIpc) is 3.27. The van der Waals surface area contributed by atoms with Crippen molar-refractivity contribution in [2.24, 2.45) is 0 Å². The van der Waals surface area contributed by atoms with Crippen LogP contribution in [0, 0.1) is 0 Å². The number of aromatic nitrogens is 5. The van der Waals surface area contributed by atoms with Gasteiger partial charge in [-0.25, -0.2) is 14.6 Å². The summed E-state index contributed by atoms with van der Waals surface area (Å²) in [5.41, 5.74) is 2.60. The molecule has 0 bridgehead atoms. The van der Waals surface area contributed by atoms with Gasteiger partial charge in [-0.1, -0.05) is 56.3 Å². The third-order valence-electron chi connectivity index (χ3n) is 4.13. The van der Waals surface area contributed by atoms with Crippen LogP contribution in [0.5, 0.6) is 0 Å². The Morgan fingerprint density at radius 3 is 2.54 bits per heavy atom. The molecular formula is C18H22N6. The van der Waals surface area contributed by atoms with E-state index in [9.17, 15) is 0 Å². The van der Waals surface area contributed by atoms with E-state index in [1.54, 1.807) is 0 Å². The zero-order valence-corrected chi connectivity index (χ0v) is 14.3. The van der Waals surface area contributed by atoms with Crippen LogP contribution in [-0.2, 0) is 12.0 Å². The molecule has 1 saturated carbocycles. The second kappa shape index (κ2) is 5.54. The number of benzene rings is 1. The Kier molecular flexibility index (Phi) is 3.48. The van der Waals surface area contributed by atoms with Crippen LogP contribution in [0.1, 0.15) is 45.0 Å². The van der Waals surface area contributed by atoms with Crippen LogP contribution in [0.4, 0.5) is 5.82 Å². The summed E-state index contributed by atoms with van der Waals surface area (Å²) in [4.78, 5) is 9.51. The van der Waals surface area contributed by atoms with Gasteiger partial charge in [0.25, 0.3) is 0 Å². The van der Waals surface area contributed by atoms with Crippen molar-refractivity contribution in [2.75, 3.05) is 5.32 Å². The topological polar surface area (TPSA) is 68.5 Å². The first-order valence-electron chi connectivity index (χ1n) is 8.43. The maximum absolute atomic E-state index is 4.78. The number of nitrogens with one attached hydrogen (secondary N) is 1. The minimum Gasteiger partial charge on any atom is -0.365 e. The number of rotatable bonds is 4. The fourth-order valence-corrected chi connectivity index (χ4v) is 2.58. The molecule has 1 aliphatic carbocycles. The Bertz CT molecular complexity index is 858. The van der Waals surface area contributed by atoms with Gasteiger partial charge in [0.15, 0.2) is 17.0 Å². The van der Waals surface area contributed by atoms with Gasteiger partial charge in [-0.2, -0.15) is 0 Å². The van der Waals surface area contributed by atoms with Gasteiger partial charge in [0, 0.05) is 11.5 Å². The van der Waals surface area contributed by atoms with E-state index in [2.05, 4.69) is 48.5 Å². The second-order valence-electron chi connectivity index (χ2n) is 7.47. The first kappa shape index (κ1) is 15.1. The highest BCUT2D eigenvalue weighted by Gasteiger charge is 2.27. The molecule has 0 amide bonds. The van der Waals surface area contributed by atoms with Crippen LogP contribution in [0.15, 0.2) is 30.3 Å². The zero-order valence-electron chi connectivity index (χ0n) is 14.3. The van der Waals surface area contributed by atoms with Crippen LogP contribution >= 0.6 is 0 Å². The van der Waals surface area contributed by atoms with E-state index >= 15 is 0 Å². The van der Waals surface area contributed by atoms with Crippen molar-refractivity contribution < 1.29 is 0 Å². The van der Waals surface area contributed by atoms with Crippen molar-refractivity contribution in [2.45, 2.75) is 51.6 Å². The monoisotopic (exact) mass is 322 g/mol. The standard InChI is InChI=1S/C18H22N6/c1-18(2,3)17-20-15(19-13-9-10-13)14-16(21-17)24(23-22-14)11-12-7-5-4-6-8-12/h4-8,13H,9-11H2,1-3H3,(H,19,20,21). The molecule has 3 aromatic rings. The highest BCUT2D eigenvalue weighted by Crippen LogP contribution is 2.29. The second-order valence-corrected chi connectivity index (χ2v) is 7.47. The van der Waals surface area contributed by atoms with Gasteiger partial charge in [-0.05, 0) is 18.4 Å². The van der Waals surface area contributed by atoms with E-state index in [-0.39, 0.29) is 5.41 Å². The molecule has 124 valence electrons. The van der Waals surface area contributed by atoms with Gasteiger partial charge in [0.2, 0.25) is 0 Å². The van der Waals surface area contributed by atoms with Crippen molar-refractivity contribution in [3.8, 4) is 0 Å². The molecule has 0 radical (unpaired) electrons. The Morgan fingerprint density at radius 2 is 1.88 bits per heavy atom. The average molecular weight is 322 g/mol. The van der Waals surface area contributed by atoms with Gasteiger partial charge in [0.05, 0.1) is 6.54 Å². The molecule has 0 aliphatic heterocycles. The number of fused-ring (bicyclic) bond motifs is 1. The number of hydrogen-bond donors (Lipinski definition) is 1. The van der Waals surface area contributed by atoms with E-state index < -0.39 is 0 Å². The van der Waals surface area contributed by atoms with E-state index in [1.165, 1.54) is 18.4 Å². The third kappa shape index (κ3) is 2.96. The Morgan fingerprint density at radius 1 is 1.12 bits per heavy atom. The number of nitrogens with zero attached hydrogens (tertiary/aromatic N) is 5. The Labute approximate surface area is 141 Å². The first-order chi connectivity index (χ1) is 11.5. The van der Waals surface area contributed by atoms with E-state index in [1.807, 2.05) is 22.9 Å². The third-order valence-corrected chi connectivity index (χ3v) is 4.13. The summed E-state index contributed by atoms with van der Waals surface area (Å²) in [6, 6.07) is 10.8. The predicted molar refractivity (Wildman–Crippen MR) is 94.0 cm³/mol. The van der Waals surface area contributed by atoms with Crippen molar-refractivity contribution in [3.05, 3.63) is 41.7 Å². The summed E-state index contributed by atoms with van der Waals surface area (Å²) in [5, 5.41) is 12.2. The number of hydrogen-bond acceptors (Lipinski definition) is 5. The summed E-state index contributed by atoms with van der Waals surface area (Å²) < 4.78 is 1.86. The molecule has 4 rings (SSSR count). The van der Waals surface area contributed by atoms with Gasteiger partial charge < -0.3 is 5.32 Å². The van der Waals surface area contributed by atoms with E-state index in [0.717, 1.165) is 22.8 Å². The lowest BCUT2D eigenvalue weighted by Gasteiger charge is -2.18. The normalized spacial score (nSPS) is 15.0. The van der Waals surface area contributed by atoms with Crippen LogP contribution < -0.4 is 5.32 Å². The Hall–Kier alpha value is -2.50. The molecule has 6 heteroatoms. The molecule has 1 fully saturated rings. The molecule has 1 N–H and O–H groups in total. The summed E-state index contributed by atoms with van der Waals surface area (Å²) in [5.74, 6) is 1.63. The van der Waals surface area contributed by atoms with Crippen molar-refractivity contribution in [1.29, 1.82) is 0 Å². The van der Waals surface area contributed by atoms with Crippen LogP contribution in [0.2, 0.25) is 0 Å². The van der Waals surface area contributed by atoms with Gasteiger partial charge in [-0.3, -0.25) is 0 Å². The lowest BCUT2D eigenvalue weighted by atomic mass is 9.96. The zero-order chi connectivity index (χ0) is 16.7. The van der Waals surface area contributed by atoms with Crippen LogP contribution in [0.25, 0.3) is 11.2 Å². The molecule has 2 heterocycles. The molecule has 1 aromatic carbocycles. The summed E-state index contributed by atoms with van der Waals surface area (Å²) >= 11 is 0. The molecule has 0 saturated heterocycles. The largest absolute Gasteiger partial charge is 0.365 e. The Balaban J connectivity index is 1.80. The minimum absolute atomic E-state index is 0.129. The molecule has 6 nitrogen and oxygen atoms in total. The number of anilines is 1. The molecule has 0 spiro atoms. The SMILES string of the molecule is CC(C)(C)c1nc(NC2CC2)c2nnn(Cc3ccccc3)c2n1. The van der Waals surface area contributed by atoms with Gasteiger partial charge in [-0.15, -0.1) is 5.10 Å². The fraction of sp³-hybridized carbons (Fsp3) is 0.444. The maximum Gasteiger partial charge on any atom is 0.184 e. The highest BCUT2D eigenvalue weighted by atomic mass is 15.4. The van der Waals surface area contributed by atoms with Gasteiger partial charge in [0.1, 0.15) is 5.82 Å². The van der Waals surface area contributed by atoms with Crippen molar-refractivity contribution >= 4 is 17.0 Å². The quantitative estimate of drug-likeness (QED) is 0.799. The van der Waals surface area contributed by atoms with Crippen LogP contribution in [0.3, 0.4) is 0 Å². The molecule has 0 unspecified atom stereocenters. The molecule has 24 heavy (non-hydrogen) atoms. The molecule has 2 aromatic heterocycles. The van der Waals surface area contributed by atoms with Crippen molar-refractivity contribution in [1.82, 2.24) is 25.0 Å². The summed E-state index contributed by atoms with van der Waals surface area (Å²) in [6.07, 6.45) is 2.38. The smallest absolute Gasteiger partial charge is 0.184 e. The van der Waals surface area contributed by atoms with Crippen LogP contribution in [-0.4, -0.2) is 31.0 Å². The first-order valence-corrected chi connectivity index (χ1v) is 8.43. The lowest BCUT2D eigenvalue weighted by Crippen LogP contribution is -2.18. The van der Waals surface area contributed by atoms with Crippen molar-refractivity contribution in [3.63, 3.8) is 0 Å². The predicted octanol–water partition coefficient (Wildman–Crippen LogP) is 3.14. The minimum atomic E-state index is -0.129. The maximum atomic E-state index is 4.78. The molecule has 0 atom stereocenters. The highest BCUT2D eigenvalue weighted by molar-refractivity contribution is 5.82. The molecular weight excluding hydrogens is 300 g/mol. The van der Waals surface area contributed by atoms with E-state index in [4.69, 9.17) is 9.97 Å². The fourth-order valence-electron chi connectivity index (χ4n) is 2.58.